The minimum atomic E-state index is -1.15. The van der Waals surface area contributed by atoms with Crippen LogP contribution in [0.1, 0.15) is 12.8 Å². The number of carbonyl (C=O) groups is 4. The molecule has 0 aromatic heterocycles. The Morgan fingerprint density at radius 1 is 1.40 bits per heavy atom. The maximum atomic E-state index is 11.4. The quantitative estimate of drug-likeness (QED) is 0.254. The average molecular weight is 306 g/mol. The Hall–Kier alpha value is -1.77. The highest BCUT2D eigenvalue weighted by Crippen LogP contribution is 2.03. The summed E-state index contributed by atoms with van der Waals surface area (Å²) in [5, 5.41) is 13.5. The Kier molecular flexibility index (Phi) is 10.1. The zero-order valence-electron chi connectivity index (χ0n) is 11.1. The molecule has 0 aliphatic rings. The predicted octanol–water partition coefficient (Wildman–Crippen LogP) is -1.01. The van der Waals surface area contributed by atoms with Crippen molar-refractivity contribution in [1.82, 2.24) is 10.6 Å². The summed E-state index contributed by atoms with van der Waals surface area (Å²) in [6.07, 6.45) is 1.02. The Morgan fingerprint density at radius 3 is 2.65 bits per heavy atom. The van der Waals surface area contributed by atoms with Gasteiger partial charge in [0.25, 0.3) is 0 Å². The summed E-state index contributed by atoms with van der Waals surface area (Å²) < 4.78 is 4.45. The molecule has 20 heavy (non-hydrogen) atoms. The zero-order chi connectivity index (χ0) is 15.4. The van der Waals surface area contributed by atoms with Crippen molar-refractivity contribution < 1.29 is 29.0 Å². The Bertz CT molecular complexity index is 350. The lowest BCUT2D eigenvalue weighted by atomic mass is 10.3. The van der Waals surface area contributed by atoms with E-state index >= 15 is 0 Å². The van der Waals surface area contributed by atoms with E-state index < -0.39 is 12.0 Å². The highest BCUT2D eigenvalue weighted by Gasteiger charge is 2.16. The number of carboxylic acids is 1. The summed E-state index contributed by atoms with van der Waals surface area (Å²) in [4.78, 5) is 43.0. The molecule has 0 aromatic carbocycles. The van der Waals surface area contributed by atoms with Gasteiger partial charge in [-0.2, -0.15) is 0 Å². The highest BCUT2D eigenvalue weighted by molar-refractivity contribution is 8.00. The van der Waals surface area contributed by atoms with Gasteiger partial charge in [0.05, 0.1) is 12.9 Å². The van der Waals surface area contributed by atoms with Crippen LogP contribution >= 0.6 is 11.8 Å². The van der Waals surface area contributed by atoms with Gasteiger partial charge in [0.15, 0.2) is 0 Å². The number of rotatable bonds is 11. The largest absolute Gasteiger partial charge is 0.480 e. The van der Waals surface area contributed by atoms with E-state index in [0.29, 0.717) is 19.4 Å². The van der Waals surface area contributed by atoms with Crippen LogP contribution in [0.15, 0.2) is 0 Å². The number of ether oxygens (including phenoxy) is 1. The van der Waals surface area contributed by atoms with E-state index in [4.69, 9.17) is 5.11 Å². The van der Waals surface area contributed by atoms with E-state index in [1.165, 1.54) is 7.11 Å². The molecular formula is C11H18N2O6S. The number of methoxy groups -OCH3 is 1. The second-order valence-electron chi connectivity index (χ2n) is 3.72. The van der Waals surface area contributed by atoms with E-state index in [9.17, 15) is 19.2 Å². The fourth-order valence-electron chi connectivity index (χ4n) is 1.16. The molecule has 2 amide bonds. The standard InChI is InChI=1S/C11H18N2O6S/c1-19-10(16)3-2-4-12-9(15)6-20-5-8(11(17)18)13-7-14/h7-8H,2-6H2,1H3,(H,12,15)(H,13,14)(H,17,18). The molecule has 3 N–H and O–H groups in total. The van der Waals surface area contributed by atoms with Crippen molar-refractivity contribution in [2.45, 2.75) is 18.9 Å². The first-order chi connectivity index (χ1) is 9.51. The first kappa shape index (κ1) is 18.2. The van der Waals surface area contributed by atoms with E-state index in [1.807, 2.05) is 0 Å². The van der Waals surface area contributed by atoms with Crippen LogP contribution < -0.4 is 10.6 Å². The lowest BCUT2D eigenvalue weighted by molar-refractivity contribution is -0.141. The molecule has 8 nitrogen and oxygen atoms in total. The minimum absolute atomic E-state index is 0.0859. The van der Waals surface area contributed by atoms with Crippen LogP contribution in [0.3, 0.4) is 0 Å². The second-order valence-corrected chi connectivity index (χ2v) is 4.75. The molecule has 0 saturated carbocycles. The van der Waals surface area contributed by atoms with Crippen molar-refractivity contribution in [2.24, 2.45) is 0 Å². The zero-order valence-corrected chi connectivity index (χ0v) is 11.9. The number of carbonyl (C=O) groups excluding carboxylic acids is 3. The van der Waals surface area contributed by atoms with Gasteiger partial charge < -0.3 is 20.5 Å². The van der Waals surface area contributed by atoms with Gasteiger partial charge in [-0.05, 0) is 6.42 Å². The molecule has 0 saturated heterocycles. The van der Waals surface area contributed by atoms with Crippen molar-refractivity contribution in [2.75, 3.05) is 25.2 Å². The maximum absolute atomic E-state index is 11.4. The molecule has 0 heterocycles. The van der Waals surface area contributed by atoms with E-state index in [-0.39, 0.29) is 29.8 Å². The van der Waals surface area contributed by atoms with Gasteiger partial charge in [0.2, 0.25) is 12.3 Å². The summed E-state index contributed by atoms with van der Waals surface area (Å²) >= 11 is 1.10. The molecule has 1 unspecified atom stereocenters. The van der Waals surface area contributed by atoms with Crippen LogP contribution in [0.5, 0.6) is 0 Å². The Balaban J connectivity index is 3.69. The van der Waals surface area contributed by atoms with E-state index in [2.05, 4.69) is 15.4 Å². The van der Waals surface area contributed by atoms with Crippen LogP contribution in [0, 0.1) is 0 Å². The first-order valence-electron chi connectivity index (χ1n) is 5.85. The van der Waals surface area contributed by atoms with E-state index in [0.717, 1.165) is 11.8 Å². The normalized spacial score (nSPS) is 11.2. The minimum Gasteiger partial charge on any atom is -0.480 e. The molecule has 0 fully saturated rings. The fourth-order valence-corrected chi connectivity index (χ4v) is 2.04. The maximum Gasteiger partial charge on any atom is 0.327 e. The van der Waals surface area contributed by atoms with Crippen LogP contribution in [0.4, 0.5) is 0 Å². The third kappa shape index (κ3) is 9.20. The summed E-state index contributed by atoms with van der Waals surface area (Å²) in [5.41, 5.74) is 0. The molecule has 0 radical (unpaired) electrons. The number of nitrogens with one attached hydrogen (secondary N) is 2. The lowest BCUT2D eigenvalue weighted by Gasteiger charge is -2.10. The number of amides is 2. The van der Waals surface area contributed by atoms with Crippen molar-refractivity contribution in [3.63, 3.8) is 0 Å². The summed E-state index contributed by atoms with van der Waals surface area (Å²) in [5.74, 6) is -1.55. The number of esters is 1. The second kappa shape index (κ2) is 11.1. The molecular weight excluding hydrogens is 288 g/mol. The van der Waals surface area contributed by atoms with Crippen LogP contribution in [0.25, 0.3) is 0 Å². The number of aliphatic carboxylic acids is 1. The number of thioether (sulfide) groups is 1. The smallest absolute Gasteiger partial charge is 0.327 e. The summed E-state index contributed by atoms with van der Waals surface area (Å²) in [7, 11) is 1.30. The number of hydrogen-bond donors (Lipinski definition) is 3. The third-order valence-corrected chi connectivity index (χ3v) is 3.23. The monoisotopic (exact) mass is 306 g/mol. The first-order valence-corrected chi connectivity index (χ1v) is 7.00. The summed E-state index contributed by atoms with van der Waals surface area (Å²) in [6.45, 7) is 0.351. The Morgan fingerprint density at radius 2 is 2.10 bits per heavy atom. The Labute approximate surface area is 120 Å². The molecule has 0 aliphatic heterocycles. The van der Waals surface area contributed by atoms with E-state index in [1.54, 1.807) is 0 Å². The van der Waals surface area contributed by atoms with Gasteiger partial charge in [-0.15, -0.1) is 11.8 Å². The highest BCUT2D eigenvalue weighted by atomic mass is 32.2. The third-order valence-electron chi connectivity index (χ3n) is 2.19. The fraction of sp³-hybridized carbons (Fsp3) is 0.636. The topological polar surface area (TPSA) is 122 Å². The SMILES string of the molecule is COC(=O)CCCNC(=O)CSCC(NC=O)C(=O)O. The van der Waals surface area contributed by atoms with Crippen molar-refractivity contribution in [1.29, 1.82) is 0 Å². The number of hydrogen-bond acceptors (Lipinski definition) is 6. The predicted molar refractivity (Wildman–Crippen MR) is 72.2 cm³/mol. The lowest BCUT2D eigenvalue weighted by Crippen LogP contribution is -2.38. The van der Waals surface area contributed by atoms with Gasteiger partial charge in [-0.1, -0.05) is 0 Å². The molecule has 0 rings (SSSR count). The van der Waals surface area contributed by atoms with Gasteiger partial charge in [0.1, 0.15) is 6.04 Å². The molecule has 0 aliphatic carbocycles. The van der Waals surface area contributed by atoms with Gasteiger partial charge in [-0.25, -0.2) is 4.79 Å². The molecule has 1 atom stereocenters. The van der Waals surface area contributed by atoms with Gasteiger partial charge in [0, 0.05) is 18.7 Å². The van der Waals surface area contributed by atoms with Crippen LogP contribution in [-0.4, -0.2) is 60.6 Å². The molecule has 0 spiro atoms. The number of carboxylic acid groups (broad SMARTS) is 1. The molecule has 0 bridgehead atoms. The summed E-state index contributed by atoms with van der Waals surface area (Å²) in [6, 6.07) is -1.01. The van der Waals surface area contributed by atoms with Crippen molar-refractivity contribution >= 4 is 36.0 Å². The van der Waals surface area contributed by atoms with Crippen LogP contribution in [0.2, 0.25) is 0 Å². The molecule has 0 aromatic rings. The van der Waals surface area contributed by atoms with Gasteiger partial charge >= 0.3 is 11.9 Å². The van der Waals surface area contributed by atoms with Gasteiger partial charge in [-0.3, -0.25) is 14.4 Å². The van der Waals surface area contributed by atoms with Crippen molar-refractivity contribution in [3.8, 4) is 0 Å². The average Bonchev–Trinajstić information content (AvgIpc) is 2.42. The molecule has 9 heteroatoms. The van der Waals surface area contributed by atoms with Crippen molar-refractivity contribution in [3.05, 3.63) is 0 Å². The molecule has 114 valence electrons. The van der Waals surface area contributed by atoms with Crippen LogP contribution in [-0.2, 0) is 23.9 Å².